The van der Waals surface area contributed by atoms with Crippen LogP contribution < -0.4 is 14.8 Å². The molecular formula is C27H38N3O4+. The van der Waals surface area contributed by atoms with Gasteiger partial charge in [-0.1, -0.05) is 12.6 Å². The first kappa shape index (κ1) is 22.4. The van der Waals surface area contributed by atoms with Gasteiger partial charge >= 0.3 is 6.09 Å². The summed E-state index contributed by atoms with van der Waals surface area (Å²) >= 11 is 0. The summed E-state index contributed by atoms with van der Waals surface area (Å²) in [6.45, 7) is 7.82. The van der Waals surface area contributed by atoms with Crippen molar-refractivity contribution in [2.45, 2.75) is 61.7 Å². The number of hydrogen-bond donors (Lipinski definition) is 2. The molecule has 2 heterocycles. The number of nitrogens with zero attached hydrogens (tertiary/aromatic N) is 2. The average Bonchev–Trinajstić information content (AvgIpc) is 3.54. The van der Waals surface area contributed by atoms with Gasteiger partial charge < -0.3 is 29.3 Å². The third-order valence-corrected chi connectivity index (χ3v) is 9.62. The van der Waals surface area contributed by atoms with Gasteiger partial charge in [0.1, 0.15) is 17.7 Å². The van der Waals surface area contributed by atoms with Crippen LogP contribution in [-0.2, 0) is 11.8 Å². The maximum atomic E-state index is 12.8. The first-order chi connectivity index (χ1) is 16.2. The van der Waals surface area contributed by atoms with Crippen LogP contribution in [0.15, 0.2) is 24.3 Å². The van der Waals surface area contributed by atoms with Crippen LogP contribution in [0.25, 0.3) is 0 Å². The second kappa shape index (κ2) is 7.45. The Bertz CT molecular complexity index is 1050. The Kier molecular flexibility index (Phi) is 4.91. The molecule has 2 aliphatic heterocycles. The first-order valence-electron chi connectivity index (χ1n) is 12.9. The molecule has 7 heteroatoms. The summed E-state index contributed by atoms with van der Waals surface area (Å²) in [5.74, 6) is 1.91. The van der Waals surface area contributed by atoms with Crippen molar-refractivity contribution in [3.63, 3.8) is 0 Å². The summed E-state index contributed by atoms with van der Waals surface area (Å²) in [6, 6.07) is 4.15. The highest BCUT2D eigenvalue weighted by atomic mass is 16.6. The Morgan fingerprint density at radius 1 is 1.38 bits per heavy atom. The standard InChI is InChI=1S/C27H38N3O4/c1-17-9-10-27(32)21-15-19-7-8-20(33-25(31)29(3)13-12-28-2)23-22(19)26(27,24(17)34-23)11-14-30(21,4)16-18-5-6-18/h7-8,18,21,24,28,32H,1,5-6,9-16H2,2-4H3/q+1/t21-,24+,26+,27-,30+/m1/s1. The highest BCUT2D eigenvalue weighted by molar-refractivity contribution is 5.73. The van der Waals surface area contributed by atoms with Crippen molar-refractivity contribution >= 4 is 6.09 Å². The fourth-order valence-corrected chi connectivity index (χ4v) is 7.68. The normalized spacial score (nSPS) is 37.1. The maximum Gasteiger partial charge on any atom is 0.415 e. The minimum absolute atomic E-state index is 0.153. The van der Waals surface area contributed by atoms with Crippen molar-refractivity contribution in [1.82, 2.24) is 10.2 Å². The molecule has 0 radical (unpaired) electrons. The molecular weight excluding hydrogens is 430 g/mol. The molecule has 1 amide bonds. The number of likely N-dealkylation sites (N-methyl/N-ethyl adjacent to an activating group) is 3. The molecule has 184 valence electrons. The molecule has 3 fully saturated rings. The molecule has 1 saturated heterocycles. The fraction of sp³-hybridized carbons (Fsp3) is 0.667. The van der Waals surface area contributed by atoms with Gasteiger partial charge in [-0.2, -0.15) is 0 Å². The van der Waals surface area contributed by atoms with Crippen LogP contribution in [0.3, 0.4) is 0 Å². The van der Waals surface area contributed by atoms with Crippen molar-refractivity contribution in [2.24, 2.45) is 5.92 Å². The minimum atomic E-state index is -0.842. The number of carbonyl (C=O) groups is 1. The molecule has 5 aliphatic rings. The van der Waals surface area contributed by atoms with Gasteiger partial charge in [0.15, 0.2) is 11.5 Å². The van der Waals surface area contributed by atoms with E-state index in [1.54, 1.807) is 11.9 Å². The van der Waals surface area contributed by atoms with Crippen LogP contribution >= 0.6 is 0 Å². The van der Waals surface area contributed by atoms with Gasteiger partial charge in [0.25, 0.3) is 0 Å². The molecule has 1 spiro atoms. The van der Waals surface area contributed by atoms with Gasteiger partial charge in [-0.25, -0.2) is 4.79 Å². The van der Waals surface area contributed by atoms with Crippen LogP contribution in [0.5, 0.6) is 11.5 Å². The van der Waals surface area contributed by atoms with Crippen molar-refractivity contribution < 1.29 is 23.9 Å². The second-order valence-corrected chi connectivity index (χ2v) is 11.7. The molecule has 1 aromatic rings. The smallest absolute Gasteiger partial charge is 0.415 e. The second-order valence-electron chi connectivity index (χ2n) is 11.7. The number of hydrogen-bond acceptors (Lipinski definition) is 5. The molecule has 0 unspecified atom stereocenters. The monoisotopic (exact) mass is 468 g/mol. The molecule has 0 aromatic heterocycles. The zero-order chi connectivity index (χ0) is 23.9. The highest BCUT2D eigenvalue weighted by Crippen LogP contribution is 2.67. The number of amides is 1. The van der Waals surface area contributed by atoms with Gasteiger partial charge in [-0.15, -0.1) is 0 Å². The summed E-state index contributed by atoms with van der Waals surface area (Å²) in [4.78, 5) is 14.3. The van der Waals surface area contributed by atoms with Crippen LogP contribution in [-0.4, -0.2) is 85.7 Å². The predicted octanol–water partition coefficient (Wildman–Crippen LogP) is 2.60. The van der Waals surface area contributed by atoms with E-state index < -0.39 is 17.1 Å². The summed E-state index contributed by atoms with van der Waals surface area (Å²) in [6.07, 6.45) is 5.19. The van der Waals surface area contributed by atoms with E-state index in [1.165, 1.54) is 18.4 Å². The quantitative estimate of drug-likeness (QED) is 0.496. The lowest BCUT2D eigenvalue weighted by atomic mass is 9.48. The number of likely N-dealkylation sites (tertiary alicyclic amines) is 1. The van der Waals surface area contributed by atoms with Crippen molar-refractivity contribution in [2.75, 3.05) is 47.3 Å². The molecule has 3 aliphatic carbocycles. The topological polar surface area (TPSA) is 71.0 Å². The van der Waals surface area contributed by atoms with Gasteiger partial charge in [0, 0.05) is 44.5 Å². The number of nitrogens with one attached hydrogen (secondary N) is 1. The summed E-state index contributed by atoms with van der Waals surface area (Å²) in [7, 11) is 5.96. The van der Waals surface area contributed by atoms with Crippen molar-refractivity contribution in [1.29, 1.82) is 0 Å². The van der Waals surface area contributed by atoms with E-state index in [4.69, 9.17) is 9.47 Å². The van der Waals surface area contributed by atoms with Gasteiger partial charge in [-0.05, 0) is 49.9 Å². The van der Waals surface area contributed by atoms with Gasteiger partial charge in [-0.3, -0.25) is 0 Å². The summed E-state index contributed by atoms with van der Waals surface area (Å²) < 4.78 is 13.4. The van der Waals surface area contributed by atoms with E-state index >= 15 is 0 Å². The number of quaternary nitrogens is 1. The van der Waals surface area contributed by atoms with Crippen LogP contribution in [0.1, 0.15) is 43.2 Å². The third kappa shape index (κ3) is 2.90. The summed E-state index contributed by atoms with van der Waals surface area (Å²) in [5.41, 5.74) is 2.03. The number of carbonyl (C=O) groups excluding carboxylic acids is 1. The van der Waals surface area contributed by atoms with Crippen LogP contribution in [0, 0.1) is 5.92 Å². The molecule has 2 bridgehead atoms. The lowest BCUT2D eigenvalue weighted by molar-refractivity contribution is -0.950. The van der Waals surface area contributed by atoms with E-state index in [2.05, 4.69) is 25.0 Å². The predicted molar refractivity (Wildman–Crippen MR) is 129 cm³/mol. The highest BCUT2D eigenvalue weighted by Gasteiger charge is 2.75. The Morgan fingerprint density at radius 2 is 2.18 bits per heavy atom. The lowest BCUT2D eigenvalue weighted by Gasteiger charge is -2.65. The average molecular weight is 469 g/mol. The largest absolute Gasteiger partial charge is 0.481 e. The molecule has 1 aromatic carbocycles. The van der Waals surface area contributed by atoms with E-state index in [0.717, 1.165) is 60.3 Å². The number of benzene rings is 1. The Hall–Kier alpha value is -2.09. The molecule has 5 atom stereocenters. The van der Waals surface area contributed by atoms with Crippen molar-refractivity contribution in [3.8, 4) is 11.5 Å². The van der Waals surface area contributed by atoms with E-state index in [9.17, 15) is 9.90 Å². The minimum Gasteiger partial charge on any atom is -0.481 e. The summed E-state index contributed by atoms with van der Waals surface area (Å²) in [5, 5.41) is 15.7. The van der Waals surface area contributed by atoms with Crippen LogP contribution in [0.4, 0.5) is 4.79 Å². The zero-order valence-electron chi connectivity index (χ0n) is 20.7. The van der Waals surface area contributed by atoms with Gasteiger partial charge in [0.05, 0.1) is 25.6 Å². The van der Waals surface area contributed by atoms with Crippen LogP contribution in [0.2, 0.25) is 0 Å². The molecule has 6 rings (SSSR count). The number of rotatable bonds is 6. The molecule has 7 nitrogen and oxygen atoms in total. The van der Waals surface area contributed by atoms with Gasteiger partial charge in [0.2, 0.25) is 0 Å². The van der Waals surface area contributed by atoms with E-state index in [0.29, 0.717) is 24.6 Å². The van der Waals surface area contributed by atoms with E-state index in [1.807, 2.05) is 13.1 Å². The molecule has 2 saturated carbocycles. The van der Waals surface area contributed by atoms with Crippen molar-refractivity contribution in [3.05, 3.63) is 35.4 Å². The number of ether oxygens (including phenoxy) is 2. The molecule has 2 N–H and O–H groups in total. The lowest BCUT2D eigenvalue weighted by Crippen LogP contribution is -2.80. The number of piperidine rings is 1. The third-order valence-electron chi connectivity index (χ3n) is 9.62. The maximum absolute atomic E-state index is 12.8. The first-order valence-corrected chi connectivity index (χ1v) is 12.9. The molecule has 34 heavy (non-hydrogen) atoms. The van der Waals surface area contributed by atoms with E-state index in [-0.39, 0.29) is 12.1 Å². The fourth-order valence-electron chi connectivity index (χ4n) is 7.68. The Morgan fingerprint density at radius 3 is 2.91 bits per heavy atom. The Balaban J connectivity index is 1.42. The zero-order valence-corrected chi connectivity index (χ0v) is 20.7. The SMILES string of the molecule is C=C1CC[C@@]2(O)[C@H]3Cc4ccc(OC(=O)N(C)CCNC)c5c4[C@@]2(CC[N@@+]3(C)CC2CC2)[C@H]1O5. The number of aliphatic hydroxyl groups is 1. The Labute approximate surface area is 202 Å².